The Hall–Kier alpha value is -1.83. The zero-order chi connectivity index (χ0) is 15.2. The van der Waals surface area contributed by atoms with Gasteiger partial charge < -0.3 is 4.52 Å². The van der Waals surface area contributed by atoms with Crippen molar-refractivity contribution in [3.8, 4) is 0 Å². The van der Waals surface area contributed by atoms with E-state index in [-0.39, 0.29) is 0 Å². The van der Waals surface area contributed by atoms with Crippen molar-refractivity contribution in [2.45, 2.75) is 62.9 Å². The molecule has 3 heterocycles. The Kier molecular flexibility index (Phi) is 3.17. The lowest BCUT2D eigenvalue weighted by Gasteiger charge is -2.30. The lowest BCUT2D eigenvalue weighted by molar-refractivity contribution is 0.187. The fourth-order valence-electron chi connectivity index (χ4n) is 3.44. The molecule has 8 heteroatoms. The molecule has 2 aromatic heterocycles. The molecule has 1 aliphatic heterocycles. The summed E-state index contributed by atoms with van der Waals surface area (Å²) in [5.41, 5.74) is 0. The van der Waals surface area contributed by atoms with Crippen molar-refractivity contribution in [2.24, 2.45) is 0 Å². The Bertz CT molecular complexity index is 688. The van der Waals surface area contributed by atoms with Crippen LogP contribution >= 0.6 is 0 Å². The number of rotatable bonds is 5. The second-order valence-electron chi connectivity index (χ2n) is 7.11. The van der Waals surface area contributed by atoms with Crippen molar-refractivity contribution in [1.29, 1.82) is 0 Å². The van der Waals surface area contributed by atoms with E-state index in [4.69, 9.17) is 4.52 Å². The summed E-state index contributed by atoms with van der Waals surface area (Å²) in [5, 5.41) is 16.4. The highest BCUT2D eigenvalue weighted by Gasteiger charge is 2.33. The maximum atomic E-state index is 5.43. The van der Waals surface area contributed by atoms with Crippen LogP contribution < -0.4 is 0 Å². The molecule has 3 fully saturated rings. The lowest BCUT2D eigenvalue weighted by Crippen LogP contribution is -2.35. The molecule has 0 unspecified atom stereocenters. The first-order valence-corrected chi connectivity index (χ1v) is 8.69. The number of tetrazole rings is 1. The van der Waals surface area contributed by atoms with Crippen molar-refractivity contribution in [3.63, 3.8) is 0 Å². The summed E-state index contributed by atoms with van der Waals surface area (Å²) < 4.78 is 7.43. The Labute approximate surface area is 134 Å². The van der Waals surface area contributed by atoms with E-state index in [1.165, 1.54) is 25.7 Å². The van der Waals surface area contributed by atoms with Crippen LogP contribution in [0.5, 0.6) is 0 Å². The van der Waals surface area contributed by atoms with Crippen molar-refractivity contribution in [1.82, 2.24) is 35.2 Å². The van der Waals surface area contributed by atoms with Gasteiger partial charge in [0.25, 0.3) is 0 Å². The largest absolute Gasteiger partial charge is 0.339 e. The van der Waals surface area contributed by atoms with E-state index in [2.05, 4.69) is 30.6 Å². The second-order valence-corrected chi connectivity index (χ2v) is 7.11. The zero-order valence-corrected chi connectivity index (χ0v) is 13.1. The van der Waals surface area contributed by atoms with E-state index in [0.717, 1.165) is 50.0 Å². The molecule has 23 heavy (non-hydrogen) atoms. The first-order chi connectivity index (χ1) is 11.4. The Morgan fingerprint density at radius 1 is 1.09 bits per heavy atom. The van der Waals surface area contributed by atoms with Gasteiger partial charge in [0.1, 0.15) is 0 Å². The van der Waals surface area contributed by atoms with Gasteiger partial charge in [-0.1, -0.05) is 5.16 Å². The first kappa shape index (κ1) is 13.6. The third kappa shape index (κ3) is 2.75. The van der Waals surface area contributed by atoms with Gasteiger partial charge in [0.05, 0.1) is 12.6 Å². The lowest BCUT2D eigenvalue weighted by atomic mass is 9.97. The highest BCUT2D eigenvalue weighted by molar-refractivity contribution is 5.05. The first-order valence-electron chi connectivity index (χ1n) is 8.69. The van der Waals surface area contributed by atoms with E-state index in [1.54, 1.807) is 0 Å². The quantitative estimate of drug-likeness (QED) is 0.829. The standard InChI is InChI=1S/C15H21N7O/c1-2-11(14-16-15(23-18-14)10-3-4-10)8-21(7-1)9-13-17-19-20-22(13)12-5-6-12/h10-12H,1-9H2/t11-/m0/s1. The van der Waals surface area contributed by atoms with Crippen LogP contribution in [0.2, 0.25) is 0 Å². The Morgan fingerprint density at radius 3 is 2.83 bits per heavy atom. The number of likely N-dealkylation sites (tertiary alicyclic amines) is 1. The van der Waals surface area contributed by atoms with Crippen molar-refractivity contribution < 1.29 is 4.52 Å². The van der Waals surface area contributed by atoms with E-state index in [9.17, 15) is 0 Å². The normalized spacial score (nSPS) is 25.8. The van der Waals surface area contributed by atoms with Crippen molar-refractivity contribution in [3.05, 3.63) is 17.5 Å². The topological polar surface area (TPSA) is 85.8 Å². The van der Waals surface area contributed by atoms with Crippen LogP contribution in [0.25, 0.3) is 0 Å². The molecule has 0 N–H and O–H groups in total. The molecule has 0 bridgehead atoms. The van der Waals surface area contributed by atoms with Gasteiger partial charge in [0, 0.05) is 18.4 Å². The van der Waals surface area contributed by atoms with Gasteiger partial charge in [0.2, 0.25) is 5.89 Å². The average Bonchev–Trinajstić information content (AvgIpc) is 3.51. The summed E-state index contributed by atoms with van der Waals surface area (Å²) in [5.74, 6) is 3.61. The van der Waals surface area contributed by atoms with Gasteiger partial charge in [-0.15, -0.1) is 5.10 Å². The number of piperidine rings is 1. The summed E-state index contributed by atoms with van der Waals surface area (Å²) in [6.45, 7) is 2.86. The van der Waals surface area contributed by atoms with Gasteiger partial charge in [0.15, 0.2) is 11.6 Å². The van der Waals surface area contributed by atoms with Gasteiger partial charge in [-0.2, -0.15) is 4.98 Å². The molecule has 3 aliphatic rings. The molecular formula is C15H21N7O. The van der Waals surface area contributed by atoms with Crippen molar-refractivity contribution >= 4 is 0 Å². The smallest absolute Gasteiger partial charge is 0.229 e. The Morgan fingerprint density at radius 2 is 2.00 bits per heavy atom. The predicted octanol–water partition coefficient (Wildman–Crippen LogP) is 1.65. The summed E-state index contributed by atoms with van der Waals surface area (Å²) in [6.07, 6.45) is 7.09. The van der Waals surface area contributed by atoms with E-state index < -0.39 is 0 Å². The Balaban J connectivity index is 1.27. The molecule has 0 radical (unpaired) electrons. The number of nitrogens with zero attached hydrogens (tertiary/aromatic N) is 7. The van der Waals surface area contributed by atoms with Gasteiger partial charge in [-0.3, -0.25) is 4.90 Å². The highest BCUT2D eigenvalue weighted by Crippen LogP contribution is 2.39. The highest BCUT2D eigenvalue weighted by atomic mass is 16.5. The third-order valence-corrected chi connectivity index (χ3v) is 5.07. The van der Waals surface area contributed by atoms with Crippen LogP contribution in [0.4, 0.5) is 0 Å². The second kappa shape index (κ2) is 5.36. The molecule has 0 aromatic carbocycles. The molecule has 5 rings (SSSR count). The molecule has 2 saturated carbocycles. The zero-order valence-electron chi connectivity index (χ0n) is 13.1. The summed E-state index contributed by atoms with van der Waals surface area (Å²) >= 11 is 0. The maximum Gasteiger partial charge on any atom is 0.229 e. The summed E-state index contributed by atoms with van der Waals surface area (Å²) in [7, 11) is 0. The third-order valence-electron chi connectivity index (χ3n) is 5.07. The van der Waals surface area contributed by atoms with Crippen molar-refractivity contribution in [2.75, 3.05) is 13.1 Å². The minimum absolute atomic E-state index is 0.366. The van der Waals surface area contributed by atoms with E-state index >= 15 is 0 Å². The van der Waals surface area contributed by atoms with Crippen LogP contribution in [0.15, 0.2) is 4.52 Å². The number of hydrogen-bond donors (Lipinski definition) is 0. The molecule has 2 aliphatic carbocycles. The molecular weight excluding hydrogens is 294 g/mol. The van der Waals surface area contributed by atoms with Crippen LogP contribution in [0, 0.1) is 0 Å². The number of hydrogen-bond acceptors (Lipinski definition) is 7. The van der Waals surface area contributed by atoms with Crippen LogP contribution in [0.1, 0.15) is 73.9 Å². The molecule has 8 nitrogen and oxygen atoms in total. The monoisotopic (exact) mass is 315 g/mol. The van der Waals surface area contributed by atoms with Gasteiger partial charge in [-0.25, -0.2) is 4.68 Å². The predicted molar refractivity (Wildman–Crippen MR) is 79.6 cm³/mol. The average molecular weight is 315 g/mol. The molecule has 1 saturated heterocycles. The van der Waals surface area contributed by atoms with Crippen LogP contribution in [-0.4, -0.2) is 48.3 Å². The number of aromatic nitrogens is 6. The molecule has 1 atom stereocenters. The molecule has 0 spiro atoms. The fraction of sp³-hybridized carbons (Fsp3) is 0.800. The summed E-state index contributed by atoms with van der Waals surface area (Å²) in [6, 6.07) is 0.527. The van der Waals surface area contributed by atoms with Crippen LogP contribution in [-0.2, 0) is 6.54 Å². The molecule has 122 valence electrons. The van der Waals surface area contributed by atoms with Gasteiger partial charge in [-0.05, 0) is 55.5 Å². The van der Waals surface area contributed by atoms with Gasteiger partial charge >= 0.3 is 0 Å². The minimum atomic E-state index is 0.366. The fourth-order valence-corrected chi connectivity index (χ4v) is 3.44. The van der Waals surface area contributed by atoms with E-state index in [0.29, 0.717) is 17.9 Å². The minimum Gasteiger partial charge on any atom is -0.339 e. The maximum absolute atomic E-state index is 5.43. The SMILES string of the molecule is C1C[C@H](c2noc(C3CC3)n2)CN(Cc2nnnn2C2CC2)C1. The summed E-state index contributed by atoms with van der Waals surface area (Å²) in [4.78, 5) is 7.06. The van der Waals surface area contributed by atoms with Crippen LogP contribution in [0.3, 0.4) is 0 Å². The molecule has 2 aromatic rings. The molecule has 0 amide bonds. The van der Waals surface area contributed by atoms with E-state index in [1.807, 2.05) is 4.68 Å².